The number of aliphatic imine (C=N–C) groups is 2. The second kappa shape index (κ2) is 31.5. The van der Waals surface area contributed by atoms with E-state index in [-0.39, 0.29) is 75.7 Å². The van der Waals surface area contributed by atoms with Crippen molar-refractivity contribution in [2.75, 3.05) is 25.1 Å². The van der Waals surface area contributed by atoms with Crippen molar-refractivity contribution in [3.8, 4) is 0 Å². The number of rotatable bonds is 33. The predicted molar refractivity (Wildman–Crippen MR) is 247 cm³/mol. The summed E-state index contributed by atoms with van der Waals surface area (Å²) in [6.07, 6.45) is -6.79. The fourth-order valence-corrected chi connectivity index (χ4v) is 7.25. The number of carboxylic acid groups (broad SMARTS) is 2. The molecule has 1 rings (SSSR count). The molecule has 30 heteroatoms. The van der Waals surface area contributed by atoms with E-state index in [9.17, 15) is 73.5 Å². The molecule has 0 saturated heterocycles. The number of primary amides is 2. The van der Waals surface area contributed by atoms with E-state index < -0.39 is 158 Å². The third-order valence-corrected chi connectivity index (χ3v) is 11.2. The van der Waals surface area contributed by atoms with Crippen LogP contribution in [0.1, 0.15) is 83.5 Å². The van der Waals surface area contributed by atoms with Gasteiger partial charge >= 0.3 is 11.9 Å². The van der Waals surface area contributed by atoms with Gasteiger partial charge in [0.2, 0.25) is 47.3 Å². The zero-order valence-corrected chi connectivity index (χ0v) is 39.0. The van der Waals surface area contributed by atoms with Gasteiger partial charge in [-0.2, -0.15) is 11.8 Å². The van der Waals surface area contributed by atoms with E-state index in [4.69, 9.17) is 34.4 Å². The van der Waals surface area contributed by atoms with E-state index in [0.29, 0.717) is 0 Å². The first-order chi connectivity index (χ1) is 32.4. The zero-order valence-electron chi connectivity index (χ0n) is 38.2. The molecular formula is C39H68N14O15S. The van der Waals surface area contributed by atoms with Crippen LogP contribution < -0.4 is 66.3 Å². The number of carboxylic acids is 2. The molecule has 0 heterocycles. The summed E-state index contributed by atoms with van der Waals surface area (Å²) in [5, 5.41) is 63.3. The van der Waals surface area contributed by atoms with Crippen LogP contribution in [0, 0.1) is 5.92 Å². The summed E-state index contributed by atoms with van der Waals surface area (Å²) in [7, 11) is 0. The maximum atomic E-state index is 14.0. The summed E-state index contributed by atoms with van der Waals surface area (Å²) in [5.74, 6) is -12.0. The Balaban J connectivity index is 3.45. The number of aliphatic carboxylic acids is 2. The summed E-state index contributed by atoms with van der Waals surface area (Å²) >= 11 is 1.24. The normalized spacial score (nSPS) is 19.0. The Morgan fingerprint density at radius 1 is 0.522 bits per heavy atom. The Hall–Kier alpha value is -6.53. The maximum absolute atomic E-state index is 14.0. The molecule has 0 aromatic carbocycles. The molecular weight excluding hydrogens is 937 g/mol. The topological polar surface area (TPSA) is 525 Å². The Labute approximate surface area is 400 Å². The van der Waals surface area contributed by atoms with Crippen molar-refractivity contribution in [1.82, 2.24) is 31.9 Å². The third-order valence-electron chi connectivity index (χ3n) is 10.5. The lowest BCUT2D eigenvalue weighted by atomic mass is 9.82. The van der Waals surface area contributed by atoms with E-state index in [2.05, 4.69) is 41.9 Å². The zero-order chi connectivity index (χ0) is 52.4. The molecule has 1 aliphatic carbocycles. The third kappa shape index (κ3) is 24.4. The summed E-state index contributed by atoms with van der Waals surface area (Å²) in [6.45, 7) is 0.104. The molecule has 1 aliphatic rings. The molecule has 0 spiro atoms. The first-order valence-electron chi connectivity index (χ1n) is 21.8. The second-order valence-corrected chi connectivity index (χ2v) is 17.1. The number of aliphatic hydroxyl groups excluding tert-OH is 3. The molecule has 8 amide bonds. The van der Waals surface area contributed by atoms with Gasteiger partial charge in [-0.3, -0.25) is 57.9 Å². The van der Waals surface area contributed by atoms with Crippen LogP contribution in [-0.2, 0) is 47.9 Å². The highest BCUT2D eigenvalue weighted by Gasteiger charge is 2.39. The number of nitrogens with two attached hydrogens (primary N) is 6. The van der Waals surface area contributed by atoms with Crippen molar-refractivity contribution in [3.05, 3.63) is 0 Å². The predicted octanol–water partition coefficient (Wildman–Crippen LogP) is -7.27. The van der Waals surface area contributed by atoms with E-state index in [1.165, 1.54) is 11.8 Å². The largest absolute Gasteiger partial charge is 0.481 e. The van der Waals surface area contributed by atoms with Crippen molar-refractivity contribution in [2.24, 2.45) is 50.3 Å². The van der Waals surface area contributed by atoms with Gasteiger partial charge in [0.1, 0.15) is 42.4 Å². The molecule has 1 fully saturated rings. The summed E-state index contributed by atoms with van der Waals surface area (Å²) in [6, 6.07) is -9.13. The van der Waals surface area contributed by atoms with Gasteiger partial charge in [-0.25, -0.2) is 0 Å². The molecule has 23 N–H and O–H groups in total. The van der Waals surface area contributed by atoms with Gasteiger partial charge in [-0.15, -0.1) is 0 Å². The number of nitrogens with one attached hydrogen (secondary N) is 6. The minimum atomic E-state index is -1.72. The van der Waals surface area contributed by atoms with Crippen LogP contribution in [0.25, 0.3) is 0 Å². The smallest absolute Gasteiger partial charge is 0.303 e. The highest BCUT2D eigenvalue weighted by molar-refractivity contribution is 7.98. The lowest BCUT2D eigenvalue weighted by Gasteiger charge is -2.34. The maximum Gasteiger partial charge on any atom is 0.303 e. The average molecular weight is 1010 g/mol. The SMILES string of the molecule is CSCC[C@H](NC(=O)[C@H](CCC(=O)O)NC(=O)[C@H](CCC(=O)O)NC(=O)C1C[C@@H](O)C(O)[C@H](O)C1)C(=O)N[C@@H](CCC(N)=O)C(=O)N[C@@H](CCCN=C(N)N)C(=O)N[C@@H](CCCN=C(N)N)C(N)=O. The number of hydrogen-bond acceptors (Lipinski definition) is 16. The number of nitrogens with zero attached hydrogens (tertiary/aromatic N) is 2. The monoisotopic (exact) mass is 1000 g/mol. The number of guanidine groups is 2. The first kappa shape index (κ1) is 60.5. The van der Waals surface area contributed by atoms with E-state index in [0.717, 1.165) is 0 Å². The lowest BCUT2D eigenvalue weighted by molar-refractivity contribution is -0.142. The van der Waals surface area contributed by atoms with E-state index >= 15 is 0 Å². The summed E-state index contributed by atoms with van der Waals surface area (Å²) in [4.78, 5) is 137. The van der Waals surface area contributed by atoms with Crippen molar-refractivity contribution >= 4 is 82.9 Å². The summed E-state index contributed by atoms with van der Waals surface area (Å²) < 4.78 is 0. The lowest BCUT2D eigenvalue weighted by Crippen LogP contribution is -2.60. The van der Waals surface area contributed by atoms with Crippen LogP contribution in [0.4, 0.5) is 0 Å². The van der Waals surface area contributed by atoms with Crippen LogP contribution in [0.2, 0.25) is 0 Å². The molecule has 0 aromatic heterocycles. The second-order valence-electron chi connectivity index (χ2n) is 16.1. The van der Waals surface area contributed by atoms with Gasteiger partial charge in [0.25, 0.3) is 0 Å². The quantitative estimate of drug-likeness (QED) is 0.0165. The van der Waals surface area contributed by atoms with Gasteiger partial charge in [0, 0.05) is 38.3 Å². The Kier molecular flexibility index (Phi) is 27.6. The van der Waals surface area contributed by atoms with E-state index in [1.807, 2.05) is 0 Å². The van der Waals surface area contributed by atoms with Crippen LogP contribution in [0.3, 0.4) is 0 Å². The highest BCUT2D eigenvalue weighted by atomic mass is 32.2. The van der Waals surface area contributed by atoms with Gasteiger partial charge in [-0.05, 0) is 76.2 Å². The fourth-order valence-electron chi connectivity index (χ4n) is 6.77. The minimum absolute atomic E-state index is 0.0000880. The van der Waals surface area contributed by atoms with Crippen LogP contribution in [0.15, 0.2) is 9.98 Å². The number of aliphatic hydroxyl groups is 3. The van der Waals surface area contributed by atoms with Crippen molar-refractivity contribution in [3.63, 3.8) is 0 Å². The van der Waals surface area contributed by atoms with Crippen LogP contribution in [0.5, 0.6) is 0 Å². The number of thioether (sulfide) groups is 1. The molecule has 390 valence electrons. The Morgan fingerprint density at radius 2 is 0.870 bits per heavy atom. The molecule has 69 heavy (non-hydrogen) atoms. The molecule has 8 atom stereocenters. The van der Waals surface area contributed by atoms with Crippen molar-refractivity contribution in [1.29, 1.82) is 0 Å². The van der Waals surface area contributed by atoms with Gasteiger partial charge < -0.3 is 91.8 Å². The van der Waals surface area contributed by atoms with Crippen molar-refractivity contribution < 1.29 is 73.5 Å². The number of hydrogen-bond donors (Lipinski definition) is 17. The molecule has 0 bridgehead atoms. The number of carbonyl (C=O) groups is 10. The highest BCUT2D eigenvalue weighted by Crippen LogP contribution is 2.26. The molecule has 0 aliphatic heterocycles. The minimum Gasteiger partial charge on any atom is -0.481 e. The Morgan fingerprint density at radius 3 is 1.23 bits per heavy atom. The summed E-state index contributed by atoms with van der Waals surface area (Å²) in [5.41, 5.74) is 32.4. The van der Waals surface area contributed by atoms with Crippen LogP contribution in [-0.4, -0.2) is 176 Å². The molecule has 0 aromatic rings. The fraction of sp³-hybridized carbons (Fsp3) is 0.692. The Bertz CT molecular complexity index is 1840. The van der Waals surface area contributed by atoms with Gasteiger partial charge in [0.15, 0.2) is 11.9 Å². The van der Waals surface area contributed by atoms with Gasteiger partial charge in [-0.1, -0.05) is 0 Å². The molecule has 0 unspecified atom stereocenters. The van der Waals surface area contributed by atoms with E-state index in [1.54, 1.807) is 6.26 Å². The number of amides is 8. The van der Waals surface area contributed by atoms with Gasteiger partial charge in [0.05, 0.1) is 12.2 Å². The molecule has 1 saturated carbocycles. The molecule has 29 nitrogen and oxygen atoms in total. The van der Waals surface area contributed by atoms with Crippen molar-refractivity contribution in [2.45, 2.75) is 138 Å². The number of carbonyl (C=O) groups excluding carboxylic acids is 8. The average Bonchev–Trinajstić information content (AvgIpc) is 3.26. The standard InChI is InChI=1S/C39H68N14O15S/c1-69-15-12-24(53-36(67)23(8-11-29(59)60)52-35(66)22(7-10-28(57)58)49-32(63)18-16-25(54)30(61)26(55)17-18)37(68)51-21(6-9-27(40)56)34(65)50-20(5-3-14-47-39(44)45)33(64)48-19(31(41)62)4-2-13-46-38(42)43/h18-26,30,54-55,61H,2-17H2,1H3,(H2,40,56)(H2,41,62)(H,48,64)(H,49,63)(H,50,65)(H,51,68)(H,52,66)(H,53,67)(H,57,58)(H,59,60)(H4,42,43,46)(H4,44,45,47)/t18?,19-,20-,21-,22-,23-,24-,25+,26+,30?/m0/s1. The molecule has 0 radical (unpaired) electrons. The first-order valence-corrected chi connectivity index (χ1v) is 23.2. The van der Waals surface area contributed by atoms with Crippen LogP contribution >= 0.6 is 11.8 Å².